The lowest BCUT2D eigenvalue weighted by Gasteiger charge is -2.14. The van der Waals surface area contributed by atoms with Gasteiger partial charge in [-0.3, -0.25) is 0 Å². The molecule has 27 heavy (non-hydrogen) atoms. The van der Waals surface area contributed by atoms with Gasteiger partial charge in [-0.1, -0.05) is 35.9 Å². The van der Waals surface area contributed by atoms with Gasteiger partial charge in [0.1, 0.15) is 12.4 Å². The van der Waals surface area contributed by atoms with Crippen LogP contribution >= 0.6 is 43.5 Å². The molecule has 0 saturated heterocycles. The van der Waals surface area contributed by atoms with Gasteiger partial charge in [0.15, 0.2) is 0 Å². The van der Waals surface area contributed by atoms with Gasteiger partial charge in [-0.15, -0.1) is 0 Å². The van der Waals surface area contributed by atoms with Gasteiger partial charge in [0.05, 0.1) is 8.95 Å². The SMILES string of the molecule is Cc1ccc(C)c(NCc2cc(Br)c(OCc3ccc(Cl)cc3)c(Br)c2)c1. The molecule has 3 rings (SSSR count). The molecule has 0 aromatic heterocycles. The van der Waals surface area contributed by atoms with E-state index in [-0.39, 0.29) is 0 Å². The molecule has 0 aliphatic heterocycles. The number of hydrogen-bond donors (Lipinski definition) is 1. The van der Waals surface area contributed by atoms with Crippen molar-refractivity contribution in [2.24, 2.45) is 0 Å². The monoisotopic (exact) mass is 507 g/mol. The van der Waals surface area contributed by atoms with Crippen molar-refractivity contribution in [1.29, 1.82) is 0 Å². The van der Waals surface area contributed by atoms with Crippen LogP contribution in [0.3, 0.4) is 0 Å². The molecule has 0 spiro atoms. The summed E-state index contributed by atoms with van der Waals surface area (Å²) in [5.41, 5.74) is 5.87. The van der Waals surface area contributed by atoms with Crippen LogP contribution in [0.15, 0.2) is 63.5 Å². The van der Waals surface area contributed by atoms with Crippen LogP contribution in [0.2, 0.25) is 5.02 Å². The van der Waals surface area contributed by atoms with Crippen LogP contribution in [0.4, 0.5) is 5.69 Å². The first-order valence-corrected chi connectivity index (χ1v) is 10.5. The second kappa shape index (κ2) is 9.13. The number of anilines is 1. The first-order valence-electron chi connectivity index (χ1n) is 8.58. The smallest absolute Gasteiger partial charge is 0.148 e. The third-order valence-corrected chi connectivity index (χ3v) is 5.66. The summed E-state index contributed by atoms with van der Waals surface area (Å²) < 4.78 is 7.83. The lowest BCUT2D eigenvalue weighted by molar-refractivity contribution is 0.302. The highest BCUT2D eigenvalue weighted by Crippen LogP contribution is 2.35. The predicted molar refractivity (Wildman–Crippen MR) is 121 cm³/mol. The zero-order valence-electron chi connectivity index (χ0n) is 15.2. The first-order chi connectivity index (χ1) is 12.9. The number of nitrogens with one attached hydrogen (secondary N) is 1. The summed E-state index contributed by atoms with van der Waals surface area (Å²) in [6, 6.07) is 18.3. The molecule has 0 fully saturated rings. The van der Waals surface area contributed by atoms with E-state index in [0.717, 1.165) is 43.1 Å². The highest BCUT2D eigenvalue weighted by atomic mass is 79.9. The van der Waals surface area contributed by atoms with E-state index in [4.69, 9.17) is 16.3 Å². The average Bonchev–Trinajstić information content (AvgIpc) is 2.63. The Morgan fingerprint density at radius 1 is 0.889 bits per heavy atom. The fraction of sp³-hybridized carbons (Fsp3) is 0.182. The van der Waals surface area contributed by atoms with Crippen LogP contribution in [0.5, 0.6) is 5.75 Å². The van der Waals surface area contributed by atoms with Gasteiger partial charge in [-0.05, 0) is 98.3 Å². The van der Waals surface area contributed by atoms with Crippen molar-refractivity contribution in [1.82, 2.24) is 0 Å². The number of aryl methyl sites for hydroxylation is 2. The molecule has 0 saturated carbocycles. The second-order valence-electron chi connectivity index (χ2n) is 6.48. The number of rotatable bonds is 6. The van der Waals surface area contributed by atoms with Crippen LogP contribution in [-0.4, -0.2) is 0 Å². The standard InChI is InChI=1S/C22H20Br2ClNO/c1-14-3-4-15(2)21(9-14)26-12-17-10-19(23)22(20(24)11-17)27-13-16-5-7-18(25)8-6-16/h3-11,26H,12-13H2,1-2H3. The number of ether oxygens (including phenoxy) is 1. The van der Waals surface area contributed by atoms with Crippen LogP contribution in [-0.2, 0) is 13.2 Å². The Morgan fingerprint density at radius 2 is 1.56 bits per heavy atom. The molecule has 2 nitrogen and oxygen atoms in total. The van der Waals surface area contributed by atoms with Gasteiger partial charge in [-0.2, -0.15) is 0 Å². The quantitative estimate of drug-likeness (QED) is 0.368. The number of hydrogen-bond acceptors (Lipinski definition) is 2. The van der Waals surface area contributed by atoms with E-state index in [1.807, 2.05) is 24.3 Å². The van der Waals surface area contributed by atoms with Crippen molar-refractivity contribution in [3.05, 3.63) is 90.8 Å². The van der Waals surface area contributed by atoms with Crippen molar-refractivity contribution < 1.29 is 4.74 Å². The summed E-state index contributed by atoms with van der Waals surface area (Å²) in [6.45, 7) is 5.43. The predicted octanol–water partition coefficient (Wildman–Crippen LogP) is 7.67. The average molecular weight is 510 g/mol. The minimum atomic E-state index is 0.481. The summed E-state index contributed by atoms with van der Waals surface area (Å²) in [7, 11) is 0. The molecule has 0 radical (unpaired) electrons. The van der Waals surface area contributed by atoms with Gasteiger partial charge >= 0.3 is 0 Å². The molecule has 0 amide bonds. The molecular formula is C22H20Br2ClNO. The topological polar surface area (TPSA) is 21.3 Å². The Labute approximate surface area is 182 Å². The van der Waals surface area contributed by atoms with E-state index in [0.29, 0.717) is 6.61 Å². The fourth-order valence-electron chi connectivity index (χ4n) is 2.71. The summed E-state index contributed by atoms with van der Waals surface area (Å²) in [5, 5.41) is 4.24. The maximum atomic E-state index is 5.99. The molecule has 3 aromatic carbocycles. The van der Waals surface area contributed by atoms with Crippen LogP contribution in [0.25, 0.3) is 0 Å². The zero-order chi connectivity index (χ0) is 19.4. The Balaban J connectivity index is 1.68. The maximum absolute atomic E-state index is 5.99. The van der Waals surface area contributed by atoms with Gasteiger partial charge in [0.25, 0.3) is 0 Å². The Bertz CT molecular complexity index is 919. The highest BCUT2D eigenvalue weighted by Gasteiger charge is 2.10. The molecule has 0 atom stereocenters. The molecule has 5 heteroatoms. The van der Waals surface area contributed by atoms with Gasteiger partial charge in [0.2, 0.25) is 0 Å². The molecule has 0 aliphatic rings. The van der Waals surface area contributed by atoms with Crippen LogP contribution in [0.1, 0.15) is 22.3 Å². The molecule has 0 heterocycles. The van der Waals surface area contributed by atoms with Gasteiger partial charge in [-0.25, -0.2) is 0 Å². The molecule has 1 N–H and O–H groups in total. The molecule has 0 unspecified atom stereocenters. The van der Waals surface area contributed by atoms with Crippen molar-refractivity contribution in [3.63, 3.8) is 0 Å². The summed E-state index contributed by atoms with van der Waals surface area (Å²) in [6.07, 6.45) is 0. The molecule has 3 aromatic rings. The summed E-state index contributed by atoms with van der Waals surface area (Å²) in [5.74, 6) is 0.792. The van der Waals surface area contributed by atoms with E-state index < -0.39 is 0 Å². The van der Waals surface area contributed by atoms with Crippen molar-refractivity contribution in [2.45, 2.75) is 27.0 Å². The lowest BCUT2D eigenvalue weighted by atomic mass is 10.1. The van der Waals surface area contributed by atoms with E-state index in [1.54, 1.807) is 0 Å². The summed E-state index contributed by atoms with van der Waals surface area (Å²) in [4.78, 5) is 0. The minimum Gasteiger partial charge on any atom is -0.487 e. The maximum Gasteiger partial charge on any atom is 0.148 e. The minimum absolute atomic E-state index is 0.481. The lowest BCUT2D eigenvalue weighted by Crippen LogP contribution is -2.03. The molecular weight excluding hydrogens is 490 g/mol. The van der Waals surface area contributed by atoms with Gasteiger partial charge in [0, 0.05) is 17.3 Å². The second-order valence-corrected chi connectivity index (χ2v) is 8.62. The largest absolute Gasteiger partial charge is 0.487 e. The van der Waals surface area contributed by atoms with E-state index in [2.05, 4.69) is 81.4 Å². The Morgan fingerprint density at radius 3 is 2.22 bits per heavy atom. The van der Waals surface area contributed by atoms with E-state index >= 15 is 0 Å². The highest BCUT2D eigenvalue weighted by molar-refractivity contribution is 9.11. The van der Waals surface area contributed by atoms with Crippen LogP contribution < -0.4 is 10.1 Å². The van der Waals surface area contributed by atoms with Crippen molar-refractivity contribution in [3.8, 4) is 5.75 Å². The molecule has 140 valence electrons. The Hall–Kier alpha value is -1.49. The van der Waals surface area contributed by atoms with E-state index in [9.17, 15) is 0 Å². The zero-order valence-corrected chi connectivity index (χ0v) is 19.1. The van der Waals surface area contributed by atoms with Crippen molar-refractivity contribution in [2.75, 3.05) is 5.32 Å². The van der Waals surface area contributed by atoms with Crippen molar-refractivity contribution >= 4 is 49.1 Å². The fourth-order valence-corrected chi connectivity index (χ4v) is 4.35. The third-order valence-electron chi connectivity index (χ3n) is 4.23. The van der Waals surface area contributed by atoms with E-state index in [1.165, 1.54) is 11.1 Å². The van der Waals surface area contributed by atoms with Crippen LogP contribution in [0, 0.1) is 13.8 Å². The third kappa shape index (κ3) is 5.50. The Kier molecular flexibility index (Phi) is 6.85. The number of benzene rings is 3. The first kappa shape index (κ1) is 20.2. The molecule has 0 bridgehead atoms. The van der Waals surface area contributed by atoms with Gasteiger partial charge < -0.3 is 10.1 Å². The normalized spacial score (nSPS) is 10.7. The molecule has 0 aliphatic carbocycles. The summed E-state index contributed by atoms with van der Waals surface area (Å²) >= 11 is 13.2. The number of halogens is 3.